The highest BCUT2D eigenvalue weighted by molar-refractivity contribution is 6.00. The average Bonchev–Trinajstić information content (AvgIpc) is 2.97. The van der Waals surface area contributed by atoms with Gasteiger partial charge in [-0.2, -0.15) is 0 Å². The number of aromatic carboxylic acids is 1. The maximum absolute atomic E-state index is 12.7. The summed E-state index contributed by atoms with van der Waals surface area (Å²) in [5.41, 5.74) is 1.50. The Morgan fingerprint density at radius 3 is 2.46 bits per heavy atom. The number of aromatic amines is 1. The van der Waals surface area contributed by atoms with E-state index in [0.717, 1.165) is 43.1 Å². The summed E-state index contributed by atoms with van der Waals surface area (Å²) in [5.74, 6) is -0.963. The third-order valence-electron chi connectivity index (χ3n) is 5.29. The zero-order chi connectivity index (χ0) is 16.7. The zero-order valence-electron chi connectivity index (χ0n) is 13.5. The smallest absolute Gasteiger partial charge is 0.352 e. The van der Waals surface area contributed by atoms with Crippen molar-refractivity contribution in [2.75, 3.05) is 26.2 Å². The van der Waals surface area contributed by atoms with Gasteiger partial charge in [-0.1, -0.05) is 6.42 Å². The number of carboxylic acid groups (broad SMARTS) is 1. The zero-order valence-corrected chi connectivity index (χ0v) is 13.5. The van der Waals surface area contributed by atoms with Crippen LogP contribution in [-0.2, 0) is 0 Å². The molecule has 2 fully saturated rings. The van der Waals surface area contributed by atoms with Crippen molar-refractivity contribution in [3.63, 3.8) is 0 Å². The number of rotatable bonds is 3. The summed E-state index contributed by atoms with van der Waals surface area (Å²) in [5, 5.41) is 9.81. The molecule has 6 heteroatoms. The molecule has 2 N–H and O–H groups in total. The van der Waals surface area contributed by atoms with Gasteiger partial charge in [0, 0.05) is 48.7 Å². The summed E-state index contributed by atoms with van der Waals surface area (Å²) in [6.45, 7) is 3.43. The van der Waals surface area contributed by atoms with Crippen LogP contribution in [0.15, 0.2) is 24.3 Å². The van der Waals surface area contributed by atoms with Crippen LogP contribution >= 0.6 is 0 Å². The lowest BCUT2D eigenvalue weighted by molar-refractivity contribution is 0.0455. The molecule has 0 atom stereocenters. The van der Waals surface area contributed by atoms with Crippen LogP contribution in [0.3, 0.4) is 0 Å². The molecule has 126 valence electrons. The summed E-state index contributed by atoms with van der Waals surface area (Å²) in [4.78, 5) is 31.0. The Kier molecular flexibility index (Phi) is 3.76. The first-order chi connectivity index (χ1) is 11.6. The number of fused-ring (bicyclic) bond motifs is 1. The molecule has 0 unspecified atom stereocenters. The lowest BCUT2D eigenvalue weighted by atomic mass is 9.91. The maximum atomic E-state index is 12.7. The number of hydrogen-bond acceptors (Lipinski definition) is 3. The second-order valence-corrected chi connectivity index (χ2v) is 6.70. The van der Waals surface area contributed by atoms with E-state index in [1.807, 2.05) is 4.90 Å². The molecule has 1 saturated heterocycles. The third kappa shape index (κ3) is 2.67. The Labute approximate surface area is 140 Å². The fourth-order valence-corrected chi connectivity index (χ4v) is 3.61. The Morgan fingerprint density at radius 2 is 1.83 bits per heavy atom. The summed E-state index contributed by atoms with van der Waals surface area (Å²) in [6, 6.07) is 7.62. The molecule has 1 amide bonds. The number of carboxylic acids is 1. The van der Waals surface area contributed by atoms with Crippen LogP contribution in [0, 0.1) is 0 Å². The number of H-pyrrole nitrogens is 1. The van der Waals surface area contributed by atoms with E-state index < -0.39 is 5.97 Å². The normalized spacial score (nSPS) is 19.4. The van der Waals surface area contributed by atoms with Crippen molar-refractivity contribution in [2.45, 2.75) is 25.3 Å². The molecule has 6 nitrogen and oxygen atoms in total. The first-order valence-electron chi connectivity index (χ1n) is 8.51. The summed E-state index contributed by atoms with van der Waals surface area (Å²) >= 11 is 0. The van der Waals surface area contributed by atoms with Crippen molar-refractivity contribution >= 4 is 22.8 Å². The van der Waals surface area contributed by atoms with E-state index in [1.165, 1.54) is 19.3 Å². The molecule has 1 aliphatic carbocycles. The Morgan fingerprint density at radius 1 is 1.08 bits per heavy atom. The number of nitrogens with one attached hydrogen (secondary N) is 1. The number of amides is 1. The predicted octanol–water partition coefficient (Wildman–Crippen LogP) is 2.18. The number of piperazine rings is 1. The van der Waals surface area contributed by atoms with Gasteiger partial charge in [-0.05, 0) is 37.1 Å². The molecule has 1 aromatic heterocycles. The van der Waals surface area contributed by atoms with Crippen LogP contribution in [0.5, 0.6) is 0 Å². The first kappa shape index (κ1) is 15.2. The molecule has 1 aromatic carbocycles. The van der Waals surface area contributed by atoms with Crippen LogP contribution in [-0.4, -0.2) is 64.0 Å². The average molecular weight is 327 g/mol. The van der Waals surface area contributed by atoms with E-state index in [9.17, 15) is 9.59 Å². The van der Waals surface area contributed by atoms with Crippen LogP contribution in [0.4, 0.5) is 0 Å². The van der Waals surface area contributed by atoms with E-state index in [1.54, 1.807) is 24.3 Å². The number of hydrogen-bond donors (Lipinski definition) is 2. The molecule has 4 rings (SSSR count). The minimum Gasteiger partial charge on any atom is -0.477 e. The van der Waals surface area contributed by atoms with Gasteiger partial charge in [-0.15, -0.1) is 0 Å². The molecule has 1 aliphatic heterocycles. The van der Waals surface area contributed by atoms with E-state index in [2.05, 4.69) is 9.88 Å². The second-order valence-electron chi connectivity index (χ2n) is 6.70. The molecular formula is C18H21N3O3. The molecule has 2 heterocycles. The van der Waals surface area contributed by atoms with Gasteiger partial charge in [0.2, 0.25) is 0 Å². The highest BCUT2D eigenvalue weighted by Gasteiger charge is 2.29. The Balaban J connectivity index is 1.47. The number of carbonyl (C=O) groups is 2. The van der Waals surface area contributed by atoms with Crippen LogP contribution < -0.4 is 0 Å². The van der Waals surface area contributed by atoms with E-state index in [0.29, 0.717) is 5.56 Å². The van der Waals surface area contributed by atoms with Crippen molar-refractivity contribution in [3.05, 3.63) is 35.5 Å². The number of benzene rings is 1. The number of nitrogens with zero attached hydrogens (tertiary/aromatic N) is 2. The quantitative estimate of drug-likeness (QED) is 0.906. The molecular weight excluding hydrogens is 306 g/mol. The van der Waals surface area contributed by atoms with Crippen LogP contribution in [0.1, 0.15) is 40.1 Å². The second kappa shape index (κ2) is 5.94. The van der Waals surface area contributed by atoms with Crippen molar-refractivity contribution in [1.29, 1.82) is 0 Å². The van der Waals surface area contributed by atoms with Crippen molar-refractivity contribution in [3.8, 4) is 0 Å². The van der Waals surface area contributed by atoms with Crippen LogP contribution in [0.2, 0.25) is 0 Å². The van der Waals surface area contributed by atoms with Gasteiger partial charge in [0.1, 0.15) is 5.69 Å². The van der Waals surface area contributed by atoms with Crippen molar-refractivity contribution in [1.82, 2.24) is 14.8 Å². The number of aromatic nitrogens is 1. The Bertz CT molecular complexity index is 786. The van der Waals surface area contributed by atoms with E-state index in [-0.39, 0.29) is 11.6 Å². The fraction of sp³-hybridized carbons (Fsp3) is 0.444. The van der Waals surface area contributed by atoms with Gasteiger partial charge >= 0.3 is 5.97 Å². The van der Waals surface area contributed by atoms with E-state index in [4.69, 9.17) is 5.11 Å². The predicted molar refractivity (Wildman–Crippen MR) is 90.4 cm³/mol. The number of carbonyl (C=O) groups excluding carboxylic acids is 1. The maximum Gasteiger partial charge on any atom is 0.352 e. The van der Waals surface area contributed by atoms with Gasteiger partial charge in [-0.25, -0.2) is 4.79 Å². The standard InChI is InChI=1S/C18H21N3O3/c22-17(21-8-6-20(7-9-21)14-2-1-3-14)12-4-5-15-13(10-12)11-16(19-15)18(23)24/h4-5,10-11,14,19H,1-3,6-9H2,(H,23,24). The van der Waals surface area contributed by atoms with Crippen LogP contribution in [0.25, 0.3) is 10.9 Å². The third-order valence-corrected chi connectivity index (χ3v) is 5.29. The first-order valence-corrected chi connectivity index (χ1v) is 8.51. The van der Waals surface area contributed by atoms with Crippen molar-refractivity contribution < 1.29 is 14.7 Å². The van der Waals surface area contributed by atoms with Gasteiger partial charge in [-0.3, -0.25) is 9.69 Å². The molecule has 0 bridgehead atoms. The SMILES string of the molecule is O=C(O)c1cc2cc(C(=O)N3CCN(C4CCC4)CC3)ccc2[nH]1. The monoisotopic (exact) mass is 327 g/mol. The highest BCUT2D eigenvalue weighted by Crippen LogP contribution is 2.26. The van der Waals surface area contributed by atoms with Gasteiger partial charge in [0.15, 0.2) is 0 Å². The molecule has 2 aromatic rings. The minimum absolute atomic E-state index is 0.0308. The molecule has 1 saturated carbocycles. The summed E-state index contributed by atoms with van der Waals surface area (Å²) < 4.78 is 0. The topological polar surface area (TPSA) is 76.6 Å². The van der Waals surface area contributed by atoms with Gasteiger partial charge in [0.25, 0.3) is 5.91 Å². The lowest BCUT2D eigenvalue weighted by Gasteiger charge is -2.42. The highest BCUT2D eigenvalue weighted by atomic mass is 16.4. The van der Waals surface area contributed by atoms with Gasteiger partial charge in [0.05, 0.1) is 0 Å². The minimum atomic E-state index is -0.994. The van der Waals surface area contributed by atoms with Gasteiger partial charge < -0.3 is 15.0 Å². The Hall–Kier alpha value is -2.34. The fourth-order valence-electron chi connectivity index (χ4n) is 3.61. The largest absolute Gasteiger partial charge is 0.477 e. The molecule has 2 aliphatic rings. The van der Waals surface area contributed by atoms with Crippen molar-refractivity contribution in [2.24, 2.45) is 0 Å². The summed E-state index contributed by atoms with van der Waals surface area (Å²) in [7, 11) is 0. The van der Waals surface area contributed by atoms with E-state index >= 15 is 0 Å². The summed E-state index contributed by atoms with van der Waals surface area (Å²) in [6.07, 6.45) is 3.92. The molecule has 0 radical (unpaired) electrons. The molecule has 24 heavy (non-hydrogen) atoms. The lowest BCUT2D eigenvalue weighted by Crippen LogP contribution is -2.53. The molecule has 0 spiro atoms.